The molecule has 0 bridgehead atoms. The standard InChI is InChI=1S/C15H16N4OS2/c1-16-15(18-9-12-4-2-6-21-12)17-8-11-10-20-14(19-11)13-5-3-7-22-13/h2-7,10H,8-9H2,1H3,(H2,16,17,18). The largest absolute Gasteiger partial charge is 0.443 e. The summed E-state index contributed by atoms with van der Waals surface area (Å²) in [7, 11) is 1.75. The predicted octanol–water partition coefficient (Wildman–Crippen LogP) is 3.33. The third-order valence-corrected chi connectivity index (χ3v) is 4.69. The smallest absolute Gasteiger partial charge is 0.236 e. The number of rotatable bonds is 5. The maximum absolute atomic E-state index is 5.49. The Bertz CT molecular complexity index is 717. The number of thiophene rings is 2. The van der Waals surface area contributed by atoms with Crippen LogP contribution in [0.3, 0.4) is 0 Å². The number of oxazole rings is 1. The lowest BCUT2D eigenvalue weighted by Crippen LogP contribution is -2.36. The molecule has 0 saturated heterocycles. The van der Waals surface area contributed by atoms with E-state index in [0.29, 0.717) is 12.4 Å². The van der Waals surface area contributed by atoms with E-state index in [9.17, 15) is 0 Å². The van der Waals surface area contributed by atoms with Gasteiger partial charge in [-0.25, -0.2) is 4.98 Å². The fourth-order valence-corrected chi connectivity index (χ4v) is 3.18. The molecule has 5 nitrogen and oxygen atoms in total. The van der Waals surface area contributed by atoms with Crippen LogP contribution < -0.4 is 10.6 Å². The molecule has 3 aromatic rings. The summed E-state index contributed by atoms with van der Waals surface area (Å²) in [5.74, 6) is 1.41. The van der Waals surface area contributed by atoms with Crippen molar-refractivity contribution < 1.29 is 4.42 Å². The zero-order chi connectivity index (χ0) is 15.2. The molecular weight excluding hydrogens is 316 g/mol. The average Bonchev–Trinajstić information content (AvgIpc) is 3.29. The second-order valence-corrected chi connectivity index (χ2v) is 6.46. The van der Waals surface area contributed by atoms with E-state index < -0.39 is 0 Å². The highest BCUT2D eigenvalue weighted by atomic mass is 32.1. The van der Waals surface area contributed by atoms with Crippen LogP contribution in [0, 0.1) is 0 Å². The maximum atomic E-state index is 5.49. The molecule has 3 heterocycles. The molecule has 3 rings (SSSR count). The van der Waals surface area contributed by atoms with Crippen LogP contribution in [0.25, 0.3) is 10.8 Å². The van der Waals surface area contributed by atoms with Crippen molar-refractivity contribution in [1.29, 1.82) is 0 Å². The van der Waals surface area contributed by atoms with E-state index in [4.69, 9.17) is 4.42 Å². The molecular formula is C15H16N4OS2. The van der Waals surface area contributed by atoms with Gasteiger partial charge in [-0.15, -0.1) is 22.7 Å². The minimum Gasteiger partial charge on any atom is -0.443 e. The second kappa shape index (κ2) is 7.24. The van der Waals surface area contributed by atoms with Crippen LogP contribution in [0.5, 0.6) is 0 Å². The van der Waals surface area contributed by atoms with Crippen LogP contribution in [-0.2, 0) is 13.1 Å². The summed E-state index contributed by atoms with van der Waals surface area (Å²) in [5, 5.41) is 10.6. The van der Waals surface area contributed by atoms with Crippen molar-refractivity contribution in [2.75, 3.05) is 7.05 Å². The van der Waals surface area contributed by atoms with Gasteiger partial charge in [0.25, 0.3) is 0 Å². The molecule has 0 saturated carbocycles. The van der Waals surface area contributed by atoms with Gasteiger partial charge in [0, 0.05) is 11.9 Å². The van der Waals surface area contributed by atoms with Crippen molar-refractivity contribution in [1.82, 2.24) is 15.6 Å². The van der Waals surface area contributed by atoms with Gasteiger partial charge in [0.2, 0.25) is 5.89 Å². The summed E-state index contributed by atoms with van der Waals surface area (Å²) in [5.41, 5.74) is 0.850. The first-order chi connectivity index (χ1) is 10.8. The third kappa shape index (κ3) is 3.75. The van der Waals surface area contributed by atoms with Crippen molar-refractivity contribution in [3.63, 3.8) is 0 Å². The maximum Gasteiger partial charge on any atom is 0.236 e. The zero-order valence-electron chi connectivity index (χ0n) is 12.1. The minimum absolute atomic E-state index is 0.568. The molecule has 0 amide bonds. The lowest BCUT2D eigenvalue weighted by molar-refractivity contribution is 0.573. The summed E-state index contributed by atoms with van der Waals surface area (Å²) in [4.78, 5) is 11.0. The zero-order valence-corrected chi connectivity index (χ0v) is 13.7. The summed E-state index contributed by atoms with van der Waals surface area (Å²) in [6.07, 6.45) is 1.68. The summed E-state index contributed by atoms with van der Waals surface area (Å²) in [6.45, 7) is 1.33. The molecule has 114 valence electrons. The van der Waals surface area contributed by atoms with E-state index in [1.807, 2.05) is 23.6 Å². The number of aliphatic imine (C=N–C) groups is 1. The molecule has 0 spiro atoms. The molecule has 22 heavy (non-hydrogen) atoms. The summed E-state index contributed by atoms with van der Waals surface area (Å²) >= 11 is 3.33. The van der Waals surface area contributed by atoms with Crippen molar-refractivity contribution >= 4 is 28.6 Å². The third-order valence-electron chi connectivity index (χ3n) is 2.95. The Kier molecular flexibility index (Phi) is 4.87. The quantitative estimate of drug-likeness (QED) is 0.556. The van der Waals surface area contributed by atoms with Crippen LogP contribution in [0.2, 0.25) is 0 Å². The molecule has 3 aromatic heterocycles. The van der Waals surface area contributed by atoms with Crippen LogP contribution in [0.1, 0.15) is 10.6 Å². The Morgan fingerprint density at radius 1 is 1.18 bits per heavy atom. The molecule has 7 heteroatoms. The van der Waals surface area contributed by atoms with Gasteiger partial charge in [0.15, 0.2) is 5.96 Å². The number of guanidine groups is 1. The van der Waals surface area contributed by atoms with Crippen molar-refractivity contribution in [3.8, 4) is 10.8 Å². The number of nitrogens with one attached hydrogen (secondary N) is 2. The number of hydrogen-bond donors (Lipinski definition) is 2. The first-order valence-corrected chi connectivity index (χ1v) is 8.56. The Labute approximate surface area is 136 Å². The highest BCUT2D eigenvalue weighted by Crippen LogP contribution is 2.23. The molecule has 0 unspecified atom stereocenters. The SMILES string of the molecule is CN=C(NCc1coc(-c2cccs2)n1)NCc1cccs1. The fraction of sp³-hybridized carbons (Fsp3) is 0.200. The Balaban J connectivity index is 1.52. The monoisotopic (exact) mass is 332 g/mol. The van der Waals surface area contributed by atoms with E-state index in [1.54, 1.807) is 36.0 Å². The average molecular weight is 332 g/mol. The molecule has 2 N–H and O–H groups in total. The minimum atomic E-state index is 0.568. The van der Waals surface area contributed by atoms with Crippen molar-refractivity contribution in [2.24, 2.45) is 4.99 Å². The van der Waals surface area contributed by atoms with E-state index >= 15 is 0 Å². The van der Waals surface area contributed by atoms with Crippen LogP contribution in [0.15, 0.2) is 50.7 Å². The lowest BCUT2D eigenvalue weighted by Gasteiger charge is -2.09. The van der Waals surface area contributed by atoms with Gasteiger partial charge in [-0.05, 0) is 22.9 Å². The van der Waals surface area contributed by atoms with Crippen LogP contribution in [0.4, 0.5) is 0 Å². The molecule has 0 radical (unpaired) electrons. The second-order valence-electron chi connectivity index (χ2n) is 4.48. The Morgan fingerprint density at radius 2 is 2.00 bits per heavy atom. The number of hydrogen-bond acceptors (Lipinski definition) is 5. The van der Waals surface area contributed by atoms with Crippen LogP contribution in [-0.4, -0.2) is 18.0 Å². The molecule has 0 fully saturated rings. The van der Waals surface area contributed by atoms with E-state index in [1.165, 1.54) is 4.88 Å². The summed E-state index contributed by atoms with van der Waals surface area (Å²) in [6, 6.07) is 8.11. The molecule has 0 aliphatic rings. The van der Waals surface area contributed by atoms with Gasteiger partial charge >= 0.3 is 0 Å². The fourth-order valence-electron chi connectivity index (χ4n) is 1.88. The molecule has 0 aliphatic carbocycles. The van der Waals surface area contributed by atoms with Gasteiger partial charge in [-0.1, -0.05) is 12.1 Å². The predicted molar refractivity (Wildman–Crippen MR) is 91.2 cm³/mol. The van der Waals surface area contributed by atoms with E-state index in [2.05, 4.69) is 32.1 Å². The number of aromatic nitrogens is 1. The first kappa shape index (κ1) is 14.8. The molecule has 0 atom stereocenters. The van der Waals surface area contributed by atoms with E-state index in [-0.39, 0.29) is 0 Å². The Hall–Kier alpha value is -2.12. The van der Waals surface area contributed by atoms with E-state index in [0.717, 1.165) is 23.1 Å². The normalized spacial score (nSPS) is 11.6. The highest BCUT2D eigenvalue weighted by molar-refractivity contribution is 7.13. The van der Waals surface area contributed by atoms with Gasteiger partial charge in [-0.3, -0.25) is 4.99 Å². The lowest BCUT2D eigenvalue weighted by atomic mass is 10.4. The topological polar surface area (TPSA) is 62.5 Å². The van der Waals surface area contributed by atoms with Crippen molar-refractivity contribution in [3.05, 3.63) is 51.9 Å². The van der Waals surface area contributed by atoms with Gasteiger partial charge in [0.1, 0.15) is 6.26 Å². The highest BCUT2D eigenvalue weighted by Gasteiger charge is 2.08. The van der Waals surface area contributed by atoms with Gasteiger partial charge in [0.05, 0.1) is 23.7 Å². The van der Waals surface area contributed by atoms with Gasteiger partial charge in [-0.2, -0.15) is 0 Å². The van der Waals surface area contributed by atoms with Crippen LogP contribution >= 0.6 is 22.7 Å². The molecule has 0 aromatic carbocycles. The summed E-state index contributed by atoms with van der Waals surface area (Å²) < 4.78 is 5.49. The van der Waals surface area contributed by atoms with Gasteiger partial charge < -0.3 is 15.1 Å². The van der Waals surface area contributed by atoms with Crippen molar-refractivity contribution in [2.45, 2.75) is 13.1 Å². The molecule has 0 aliphatic heterocycles. The Morgan fingerprint density at radius 3 is 2.73 bits per heavy atom. The number of nitrogens with zero attached hydrogens (tertiary/aromatic N) is 2. The first-order valence-electron chi connectivity index (χ1n) is 6.80.